The van der Waals surface area contributed by atoms with Gasteiger partial charge in [0.2, 0.25) is 5.91 Å². The fourth-order valence-electron chi connectivity index (χ4n) is 3.42. The SMILES string of the molecule is Cc1ccccc1NC(=O)CN1C(=O)S/C(=C\c2ccc(C)n2-c2ccccc2)C1=O. The van der Waals surface area contributed by atoms with Gasteiger partial charge >= 0.3 is 0 Å². The lowest BCUT2D eigenvalue weighted by Gasteiger charge is -2.13. The first-order valence-corrected chi connectivity index (χ1v) is 10.6. The zero-order chi connectivity index (χ0) is 22.0. The highest BCUT2D eigenvalue weighted by molar-refractivity contribution is 8.18. The van der Waals surface area contributed by atoms with E-state index < -0.39 is 17.1 Å². The molecule has 3 amide bonds. The van der Waals surface area contributed by atoms with Gasteiger partial charge in [-0.05, 0) is 67.6 Å². The van der Waals surface area contributed by atoms with Gasteiger partial charge in [-0.3, -0.25) is 19.3 Å². The number of aromatic nitrogens is 1. The van der Waals surface area contributed by atoms with Crippen LogP contribution < -0.4 is 5.32 Å². The monoisotopic (exact) mass is 431 g/mol. The Hall–Kier alpha value is -3.58. The third-order valence-electron chi connectivity index (χ3n) is 4.99. The maximum atomic E-state index is 12.9. The van der Waals surface area contributed by atoms with E-state index in [-0.39, 0.29) is 6.54 Å². The third-order valence-corrected chi connectivity index (χ3v) is 5.90. The van der Waals surface area contributed by atoms with Crippen LogP contribution in [0, 0.1) is 13.8 Å². The number of aryl methyl sites for hydroxylation is 2. The van der Waals surface area contributed by atoms with Crippen molar-refractivity contribution in [2.45, 2.75) is 13.8 Å². The predicted molar refractivity (Wildman–Crippen MR) is 123 cm³/mol. The summed E-state index contributed by atoms with van der Waals surface area (Å²) in [4.78, 5) is 39.0. The molecule has 0 bridgehead atoms. The molecular weight excluding hydrogens is 410 g/mol. The van der Waals surface area contributed by atoms with Crippen molar-refractivity contribution >= 4 is 40.6 Å². The first-order valence-electron chi connectivity index (χ1n) is 9.78. The van der Waals surface area contributed by atoms with Gasteiger partial charge < -0.3 is 9.88 Å². The van der Waals surface area contributed by atoms with E-state index in [1.165, 1.54) is 0 Å². The molecule has 0 saturated carbocycles. The molecule has 0 aliphatic carbocycles. The number of amides is 3. The number of nitrogens with one attached hydrogen (secondary N) is 1. The summed E-state index contributed by atoms with van der Waals surface area (Å²) in [5.74, 6) is -0.880. The second kappa shape index (κ2) is 8.65. The highest BCUT2D eigenvalue weighted by Crippen LogP contribution is 2.33. The van der Waals surface area contributed by atoms with Gasteiger partial charge in [-0.15, -0.1) is 0 Å². The average molecular weight is 432 g/mol. The number of benzene rings is 2. The third kappa shape index (κ3) is 4.32. The fourth-order valence-corrected chi connectivity index (χ4v) is 4.24. The summed E-state index contributed by atoms with van der Waals surface area (Å²) < 4.78 is 2.01. The Morgan fingerprint density at radius 1 is 0.968 bits per heavy atom. The molecule has 156 valence electrons. The molecule has 1 saturated heterocycles. The normalized spacial score (nSPS) is 15.0. The van der Waals surface area contributed by atoms with E-state index >= 15 is 0 Å². The minimum Gasteiger partial charge on any atom is -0.324 e. The molecule has 6 nitrogen and oxygen atoms in total. The molecule has 0 spiro atoms. The molecule has 2 aromatic carbocycles. The second-order valence-electron chi connectivity index (χ2n) is 7.20. The topological polar surface area (TPSA) is 71.4 Å². The molecule has 1 fully saturated rings. The van der Waals surface area contributed by atoms with Crippen LogP contribution in [0.25, 0.3) is 11.8 Å². The number of para-hydroxylation sites is 2. The van der Waals surface area contributed by atoms with Crippen LogP contribution in [0.2, 0.25) is 0 Å². The predicted octanol–water partition coefficient (Wildman–Crippen LogP) is 4.77. The molecule has 0 radical (unpaired) electrons. The summed E-state index contributed by atoms with van der Waals surface area (Å²) in [6.07, 6.45) is 1.70. The van der Waals surface area contributed by atoms with Crippen LogP contribution in [-0.4, -0.2) is 33.1 Å². The molecular formula is C24H21N3O3S. The minimum absolute atomic E-state index is 0.295. The van der Waals surface area contributed by atoms with Crippen LogP contribution in [0.4, 0.5) is 10.5 Å². The maximum absolute atomic E-state index is 12.9. The number of hydrogen-bond donors (Lipinski definition) is 1. The minimum atomic E-state index is -0.464. The van der Waals surface area contributed by atoms with Crippen molar-refractivity contribution in [2.75, 3.05) is 11.9 Å². The van der Waals surface area contributed by atoms with Crippen molar-refractivity contribution in [3.63, 3.8) is 0 Å². The Morgan fingerprint density at radius 2 is 1.68 bits per heavy atom. The van der Waals surface area contributed by atoms with Crippen LogP contribution in [0.3, 0.4) is 0 Å². The lowest BCUT2D eigenvalue weighted by molar-refractivity contribution is -0.127. The summed E-state index contributed by atoms with van der Waals surface area (Å²) in [5.41, 5.74) is 4.33. The van der Waals surface area contributed by atoms with Gasteiger partial charge in [0.05, 0.1) is 4.91 Å². The Morgan fingerprint density at radius 3 is 2.42 bits per heavy atom. The summed E-state index contributed by atoms with van der Waals surface area (Å²) in [5, 5.41) is 2.31. The summed E-state index contributed by atoms with van der Waals surface area (Å²) in [7, 11) is 0. The van der Waals surface area contributed by atoms with Gasteiger partial charge in [0.1, 0.15) is 6.54 Å². The van der Waals surface area contributed by atoms with E-state index in [4.69, 9.17) is 0 Å². The lowest BCUT2D eigenvalue weighted by Crippen LogP contribution is -2.36. The molecule has 2 heterocycles. The van der Waals surface area contributed by atoms with E-state index in [1.54, 1.807) is 12.1 Å². The van der Waals surface area contributed by atoms with E-state index in [9.17, 15) is 14.4 Å². The quantitative estimate of drug-likeness (QED) is 0.591. The van der Waals surface area contributed by atoms with Crippen LogP contribution in [0.15, 0.2) is 71.6 Å². The van der Waals surface area contributed by atoms with Gasteiger partial charge in [-0.2, -0.15) is 0 Å². The molecule has 1 N–H and O–H groups in total. The van der Waals surface area contributed by atoms with Crippen molar-refractivity contribution in [3.8, 4) is 5.69 Å². The molecule has 4 rings (SSSR count). The number of imide groups is 1. The highest BCUT2D eigenvalue weighted by Gasteiger charge is 2.36. The van der Waals surface area contributed by atoms with Gasteiger partial charge in [-0.1, -0.05) is 36.4 Å². The van der Waals surface area contributed by atoms with Crippen LogP contribution in [-0.2, 0) is 9.59 Å². The number of anilines is 1. The zero-order valence-corrected chi connectivity index (χ0v) is 18.0. The number of hydrogen-bond acceptors (Lipinski definition) is 4. The molecule has 0 atom stereocenters. The summed E-state index contributed by atoms with van der Waals surface area (Å²) in [6, 6.07) is 21.0. The fraction of sp³-hybridized carbons (Fsp3) is 0.125. The lowest BCUT2D eigenvalue weighted by atomic mass is 10.2. The first-order chi connectivity index (χ1) is 14.9. The summed E-state index contributed by atoms with van der Waals surface area (Å²) >= 11 is 0.846. The van der Waals surface area contributed by atoms with Gasteiger partial charge in [-0.25, -0.2) is 0 Å². The zero-order valence-electron chi connectivity index (χ0n) is 17.2. The molecule has 1 aliphatic rings. The number of thioether (sulfide) groups is 1. The number of nitrogens with zero attached hydrogens (tertiary/aromatic N) is 2. The largest absolute Gasteiger partial charge is 0.324 e. The molecule has 3 aromatic rings. The smallest absolute Gasteiger partial charge is 0.294 e. The van der Waals surface area contributed by atoms with Crippen molar-refractivity contribution < 1.29 is 14.4 Å². The van der Waals surface area contributed by atoms with Crippen LogP contribution in [0.1, 0.15) is 17.0 Å². The number of carbonyl (C=O) groups excluding carboxylic acids is 3. The molecule has 7 heteroatoms. The van der Waals surface area contributed by atoms with E-state index in [0.29, 0.717) is 10.6 Å². The second-order valence-corrected chi connectivity index (χ2v) is 8.19. The van der Waals surface area contributed by atoms with Gasteiger partial charge in [0.25, 0.3) is 11.1 Å². The number of rotatable bonds is 5. The Labute approximate surface area is 184 Å². The number of carbonyl (C=O) groups is 3. The summed E-state index contributed by atoms with van der Waals surface area (Å²) in [6.45, 7) is 3.53. The first kappa shape index (κ1) is 20.7. The van der Waals surface area contributed by atoms with Crippen molar-refractivity contribution in [2.24, 2.45) is 0 Å². The van der Waals surface area contributed by atoms with Crippen molar-refractivity contribution in [3.05, 3.63) is 88.6 Å². The Bertz CT molecular complexity index is 1200. The molecule has 1 aromatic heterocycles. The molecule has 0 unspecified atom stereocenters. The van der Waals surface area contributed by atoms with Gasteiger partial charge in [0, 0.05) is 22.8 Å². The van der Waals surface area contributed by atoms with Crippen molar-refractivity contribution in [1.29, 1.82) is 0 Å². The highest BCUT2D eigenvalue weighted by atomic mass is 32.2. The standard InChI is InChI=1S/C24H21N3O3S/c1-16-8-6-7-11-20(16)25-22(28)15-26-23(29)21(31-24(26)30)14-19-13-12-17(2)27(19)18-9-4-3-5-10-18/h3-14H,15H2,1-2H3,(H,25,28)/b21-14-. The van der Waals surface area contributed by atoms with Crippen LogP contribution in [0.5, 0.6) is 0 Å². The maximum Gasteiger partial charge on any atom is 0.294 e. The van der Waals surface area contributed by atoms with E-state index in [1.807, 2.05) is 79.1 Å². The van der Waals surface area contributed by atoms with Gasteiger partial charge in [0.15, 0.2) is 0 Å². The molecule has 1 aliphatic heterocycles. The molecule has 31 heavy (non-hydrogen) atoms. The van der Waals surface area contributed by atoms with Crippen molar-refractivity contribution in [1.82, 2.24) is 9.47 Å². The Balaban J connectivity index is 1.53. The van der Waals surface area contributed by atoms with E-state index in [0.717, 1.165) is 39.3 Å². The Kier molecular flexibility index (Phi) is 5.77. The van der Waals surface area contributed by atoms with E-state index in [2.05, 4.69) is 5.32 Å². The average Bonchev–Trinajstić information content (AvgIpc) is 3.24. The van der Waals surface area contributed by atoms with Crippen LogP contribution >= 0.6 is 11.8 Å².